The van der Waals surface area contributed by atoms with Crippen LogP contribution in [0.2, 0.25) is 0 Å². The number of rotatable bonds is 2. The standard InChI is InChI=1S/C66H40N2/c1-2-19-42(20-3-1)67-61-33-17-9-25-48(61)49-37-35-43(38-62(49)67)68-63-40-60-51(39-52(63)50-36-34-41-18-4-5-21-44(41)64(50)68)47-24-8-12-28-55(47)66(60)58-31-15-13-29-56(58)65(57-30-14-16-32-59(57)66)53-26-10-6-22-45(53)46-23-7-11-27-54(46)65/h1-40H. The molecular weight excluding hydrogens is 821 g/mol. The summed E-state index contributed by atoms with van der Waals surface area (Å²) in [6.45, 7) is 0. The first-order chi connectivity index (χ1) is 33.8. The second kappa shape index (κ2) is 13.0. The molecule has 0 radical (unpaired) electrons. The van der Waals surface area contributed by atoms with Gasteiger partial charge in [-0.1, -0.05) is 200 Å². The van der Waals surface area contributed by atoms with Gasteiger partial charge in [0.15, 0.2) is 0 Å². The van der Waals surface area contributed by atoms with Crippen LogP contribution in [0, 0.1) is 0 Å². The van der Waals surface area contributed by atoms with Crippen LogP contribution in [0.5, 0.6) is 0 Å². The Morgan fingerprint density at radius 1 is 0.235 bits per heavy atom. The highest BCUT2D eigenvalue weighted by Gasteiger charge is 2.59. The number of aromatic nitrogens is 2. The van der Waals surface area contributed by atoms with E-state index in [1.54, 1.807) is 0 Å². The van der Waals surface area contributed by atoms with Crippen molar-refractivity contribution in [3.05, 3.63) is 287 Å². The molecule has 13 aromatic rings. The van der Waals surface area contributed by atoms with Gasteiger partial charge in [0.2, 0.25) is 0 Å². The van der Waals surface area contributed by atoms with Crippen molar-refractivity contribution in [2.45, 2.75) is 10.8 Å². The molecule has 3 aliphatic carbocycles. The van der Waals surface area contributed by atoms with Gasteiger partial charge in [-0.3, -0.25) is 0 Å². The van der Waals surface area contributed by atoms with Crippen LogP contribution in [0.1, 0.15) is 44.5 Å². The van der Waals surface area contributed by atoms with Crippen molar-refractivity contribution < 1.29 is 0 Å². The Morgan fingerprint density at radius 3 is 1.35 bits per heavy atom. The minimum atomic E-state index is -0.599. The summed E-state index contributed by atoms with van der Waals surface area (Å²) in [6, 6.07) is 92.0. The molecule has 0 aliphatic heterocycles. The third-order valence-electron chi connectivity index (χ3n) is 16.2. The molecular formula is C66H40N2. The molecule has 16 rings (SSSR count). The summed E-state index contributed by atoms with van der Waals surface area (Å²) in [6.07, 6.45) is 0. The summed E-state index contributed by atoms with van der Waals surface area (Å²) in [5, 5.41) is 7.49. The van der Waals surface area contributed by atoms with Crippen LogP contribution in [0.25, 0.3) is 88.0 Å². The molecule has 314 valence electrons. The summed E-state index contributed by atoms with van der Waals surface area (Å²) in [5.41, 5.74) is 22.0. The zero-order valence-electron chi connectivity index (χ0n) is 37.0. The van der Waals surface area contributed by atoms with Gasteiger partial charge in [0.05, 0.1) is 32.9 Å². The third kappa shape index (κ3) is 4.26. The van der Waals surface area contributed by atoms with Gasteiger partial charge in [0, 0.05) is 38.3 Å². The topological polar surface area (TPSA) is 9.86 Å². The van der Waals surface area contributed by atoms with Crippen LogP contribution >= 0.6 is 0 Å². The van der Waals surface area contributed by atoms with E-state index in [2.05, 4.69) is 252 Å². The van der Waals surface area contributed by atoms with E-state index in [1.807, 2.05) is 0 Å². The minimum absolute atomic E-state index is 0.492. The minimum Gasteiger partial charge on any atom is -0.309 e. The van der Waals surface area contributed by atoms with Crippen molar-refractivity contribution in [1.29, 1.82) is 0 Å². The average molecular weight is 861 g/mol. The fourth-order valence-electron chi connectivity index (χ4n) is 13.7. The second-order valence-electron chi connectivity index (χ2n) is 19.1. The van der Waals surface area contributed by atoms with Crippen LogP contribution in [0.4, 0.5) is 0 Å². The summed E-state index contributed by atoms with van der Waals surface area (Å²) in [7, 11) is 0. The Hall–Kier alpha value is -8.72. The number of hydrogen-bond acceptors (Lipinski definition) is 0. The normalized spacial score (nSPS) is 14.4. The molecule has 0 N–H and O–H groups in total. The molecule has 0 atom stereocenters. The molecule has 0 fully saturated rings. The fourth-order valence-corrected chi connectivity index (χ4v) is 13.7. The molecule has 2 spiro atoms. The van der Waals surface area contributed by atoms with Gasteiger partial charge in [-0.15, -0.1) is 0 Å². The number of nitrogens with zero attached hydrogens (tertiary/aromatic N) is 2. The van der Waals surface area contributed by atoms with Crippen LogP contribution < -0.4 is 0 Å². The van der Waals surface area contributed by atoms with Crippen LogP contribution in [0.15, 0.2) is 243 Å². The fraction of sp³-hybridized carbons (Fsp3) is 0.0303. The van der Waals surface area contributed by atoms with Crippen molar-refractivity contribution in [1.82, 2.24) is 9.13 Å². The molecule has 0 saturated carbocycles. The molecule has 3 aliphatic rings. The van der Waals surface area contributed by atoms with Crippen LogP contribution in [0.3, 0.4) is 0 Å². The Bertz CT molecular complexity index is 4240. The van der Waals surface area contributed by atoms with Gasteiger partial charge in [0.1, 0.15) is 0 Å². The van der Waals surface area contributed by atoms with Crippen molar-refractivity contribution in [3.63, 3.8) is 0 Å². The average Bonchev–Trinajstić information content (AvgIpc) is 4.10. The Morgan fingerprint density at radius 2 is 0.706 bits per heavy atom. The van der Waals surface area contributed by atoms with E-state index in [-0.39, 0.29) is 0 Å². The van der Waals surface area contributed by atoms with Crippen molar-refractivity contribution in [3.8, 4) is 33.6 Å². The molecule has 2 heterocycles. The maximum absolute atomic E-state index is 2.60. The molecule has 2 nitrogen and oxygen atoms in total. The van der Waals surface area contributed by atoms with Gasteiger partial charge in [-0.2, -0.15) is 0 Å². The van der Waals surface area contributed by atoms with Gasteiger partial charge in [-0.25, -0.2) is 0 Å². The zero-order valence-corrected chi connectivity index (χ0v) is 37.0. The van der Waals surface area contributed by atoms with Gasteiger partial charge < -0.3 is 9.13 Å². The monoisotopic (exact) mass is 860 g/mol. The first-order valence-electron chi connectivity index (χ1n) is 23.8. The van der Waals surface area contributed by atoms with Crippen molar-refractivity contribution >= 4 is 54.4 Å². The molecule has 2 aromatic heterocycles. The molecule has 11 aromatic carbocycles. The van der Waals surface area contributed by atoms with E-state index in [9.17, 15) is 0 Å². The predicted molar refractivity (Wildman–Crippen MR) is 281 cm³/mol. The lowest BCUT2D eigenvalue weighted by Gasteiger charge is -2.48. The number of fused-ring (bicyclic) bond motifs is 24. The Balaban J connectivity index is 1.06. The molecule has 0 unspecified atom stereocenters. The maximum Gasteiger partial charge on any atom is 0.0720 e. The summed E-state index contributed by atoms with van der Waals surface area (Å²) in [4.78, 5) is 0. The summed E-state index contributed by atoms with van der Waals surface area (Å²) in [5.74, 6) is 0. The van der Waals surface area contributed by atoms with Gasteiger partial charge in [-0.05, 0) is 115 Å². The molecule has 0 bridgehead atoms. The highest BCUT2D eigenvalue weighted by Crippen LogP contribution is 2.67. The van der Waals surface area contributed by atoms with Gasteiger partial charge in [0.25, 0.3) is 0 Å². The molecule has 0 amide bonds. The number of para-hydroxylation sites is 2. The SMILES string of the molecule is c1ccc(-n2c3ccccc3c3ccc(-n4c5cc6c(cc5c5ccc7ccccc7c54)-c4ccccc4C64c5ccccc5C5(c6ccccc6-c6ccccc65)c5ccccc54)cc32)cc1. The maximum atomic E-state index is 2.60. The van der Waals surface area contributed by atoms with E-state index in [4.69, 9.17) is 0 Å². The number of hydrogen-bond donors (Lipinski definition) is 0. The summed E-state index contributed by atoms with van der Waals surface area (Å²) < 4.78 is 5.02. The van der Waals surface area contributed by atoms with Crippen LogP contribution in [-0.2, 0) is 10.8 Å². The van der Waals surface area contributed by atoms with E-state index in [0.29, 0.717) is 0 Å². The highest BCUT2D eigenvalue weighted by atomic mass is 15.0. The second-order valence-corrected chi connectivity index (χ2v) is 19.1. The van der Waals surface area contributed by atoms with Crippen molar-refractivity contribution in [2.24, 2.45) is 0 Å². The smallest absolute Gasteiger partial charge is 0.0720 e. The third-order valence-corrected chi connectivity index (χ3v) is 16.2. The molecule has 0 saturated heterocycles. The van der Waals surface area contributed by atoms with E-state index >= 15 is 0 Å². The van der Waals surface area contributed by atoms with E-state index < -0.39 is 10.8 Å². The lowest BCUT2D eigenvalue weighted by Crippen LogP contribution is -2.43. The lowest BCUT2D eigenvalue weighted by molar-refractivity contribution is 0.633. The highest BCUT2D eigenvalue weighted by molar-refractivity contribution is 6.20. The first kappa shape index (κ1) is 36.5. The van der Waals surface area contributed by atoms with Crippen molar-refractivity contribution in [2.75, 3.05) is 0 Å². The van der Waals surface area contributed by atoms with Crippen LogP contribution in [-0.4, -0.2) is 9.13 Å². The predicted octanol–water partition coefficient (Wildman–Crippen LogP) is 16.1. The first-order valence-corrected chi connectivity index (χ1v) is 23.8. The molecule has 68 heavy (non-hydrogen) atoms. The molecule has 2 heteroatoms. The largest absolute Gasteiger partial charge is 0.309 e. The number of benzene rings is 11. The lowest BCUT2D eigenvalue weighted by atomic mass is 9.52. The zero-order chi connectivity index (χ0) is 44.3. The Kier molecular flexibility index (Phi) is 6.98. The summed E-state index contributed by atoms with van der Waals surface area (Å²) >= 11 is 0. The quantitative estimate of drug-likeness (QED) is 0.164. The van der Waals surface area contributed by atoms with E-state index in [0.717, 1.165) is 11.4 Å². The van der Waals surface area contributed by atoms with Gasteiger partial charge >= 0.3 is 0 Å². The Labute approximate surface area is 393 Å². The van der Waals surface area contributed by atoms with E-state index in [1.165, 1.54) is 121 Å².